The number of carbonyl (C=O) groups is 1. The van der Waals surface area contributed by atoms with Crippen LogP contribution in [0.15, 0.2) is 53.7 Å². The number of aryl methyl sites for hydroxylation is 1. The van der Waals surface area contributed by atoms with Crippen molar-refractivity contribution in [3.05, 3.63) is 98.1 Å². The molecule has 30 heavy (non-hydrogen) atoms. The number of rotatable bonds is 5. The second-order valence-corrected chi connectivity index (χ2v) is 7.19. The van der Waals surface area contributed by atoms with Crippen LogP contribution in [0.4, 0.5) is 4.39 Å². The minimum absolute atomic E-state index is 0.196. The van der Waals surface area contributed by atoms with Crippen LogP contribution in [0.2, 0.25) is 5.02 Å². The average molecular weight is 426 g/mol. The number of hydrogen-bond donors (Lipinski definition) is 2. The molecule has 1 amide bonds. The number of carbonyl (C=O) groups excluding carboxylic acids is 1. The SMILES string of the molecule is Cc1nc2c(C(=O)NCc3cccnc3)c[nH]n2c(=O)c1Cc1ccc(F)cc1Cl. The highest BCUT2D eigenvalue weighted by Crippen LogP contribution is 2.21. The quantitative estimate of drug-likeness (QED) is 0.514. The lowest BCUT2D eigenvalue weighted by atomic mass is 10.0. The van der Waals surface area contributed by atoms with Gasteiger partial charge in [-0.25, -0.2) is 13.9 Å². The molecular weight excluding hydrogens is 409 g/mol. The molecule has 0 bridgehead atoms. The summed E-state index contributed by atoms with van der Waals surface area (Å²) in [6.07, 6.45) is 4.95. The summed E-state index contributed by atoms with van der Waals surface area (Å²) >= 11 is 6.10. The number of H-pyrrole nitrogens is 1. The molecule has 0 radical (unpaired) electrons. The zero-order valence-electron chi connectivity index (χ0n) is 15.9. The number of fused-ring (bicyclic) bond motifs is 1. The molecule has 3 aromatic heterocycles. The molecule has 2 N–H and O–H groups in total. The van der Waals surface area contributed by atoms with Gasteiger partial charge in [-0.2, -0.15) is 0 Å². The first kappa shape index (κ1) is 19.8. The van der Waals surface area contributed by atoms with Gasteiger partial charge in [0.2, 0.25) is 0 Å². The van der Waals surface area contributed by atoms with Crippen LogP contribution in [0.1, 0.15) is 32.7 Å². The summed E-state index contributed by atoms with van der Waals surface area (Å²) < 4.78 is 14.5. The molecule has 4 rings (SSSR count). The number of aromatic amines is 1. The molecule has 0 saturated carbocycles. The first-order valence-electron chi connectivity index (χ1n) is 9.14. The topological polar surface area (TPSA) is 92.2 Å². The Morgan fingerprint density at radius 1 is 1.33 bits per heavy atom. The lowest BCUT2D eigenvalue weighted by molar-refractivity contribution is 0.0952. The van der Waals surface area contributed by atoms with Crippen molar-refractivity contribution in [2.75, 3.05) is 0 Å². The molecule has 0 unspecified atom stereocenters. The Labute approximate surface area is 175 Å². The van der Waals surface area contributed by atoms with Gasteiger partial charge in [-0.3, -0.25) is 19.7 Å². The number of halogens is 2. The van der Waals surface area contributed by atoms with E-state index in [0.717, 1.165) is 5.56 Å². The molecule has 0 spiro atoms. The molecule has 0 aliphatic carbocycles. The molecule has 7 nitrogen and oxygen atoms in total. The van der Waals surface area contributed by atoms with Crippen LogP contribution in [0.25, 0.3) is 5.65 Å². The normalized spacial score (nSPS) is 11.0. The van der Waals surface area contributed by atoms with Crippen molar-refractivity contribution in [3.8, 4) is 0 Å². The zero-order valence-corrected chi connectivity index (χ0v) is 16.7. The Hall–Kier alpha value is -3.52. The third kappa shape index (κ3) is 3.81. The third-order valence-electron chi connectivity index (χ3n) is 4.77. The van der Waals surface area contributed by atoms with Gasteiger partial charge in [-0.1, -0.05) is 23.7 Å². The molecule has 0 fully saturated rings. The number of nitrogens with one attached hydrogen (secondary N) is 2. The van der Waals surface area contributed by atoms with E-state index in [4.69, 9.17) is 11.6 Å². The largest absolute Gasteiger partial charge is 0.348 e. The monoisotopic (exact) mass is 425 g/mol. The van der Waals surface area contributed by atoms with Crippen LogP contribution in [-0.4, -0.2) is 25.5 Å². The van der Waals surface area contributed by atoms with Crippen molar-refractivity contribution in [2.24, 2.45) is 0 Å². The first-order valence-corrected chi connectivity index (χ1v) is 9.52. The highest BCUT2D eigenvalue weighted by molar-refractivity contribution is 6.31. The number of aromatic nitrogens is 4. The Morgan fingerprint density at radius 3 is 2.90 bits per heavy atom. The van der Waals surface area contributed by atoms with E-state index in [1.54, 1.807) is 25.4 Å². The summed E-state index contributed by atoms with van der Waals surface area (Å²) in [4.78, 5) is 34.1. The van der Waals surface area contributed by atoms with E-state index in [9.17, 15) is 14.0 Å². The van der Waals surface area contributed by atoms with Gasteiger partial charge in [-0.15, -0.1) is 0 Å². The van der Waals surface area contributed by atoms with Crippen LogP contribution in [0.3, 0.4) is 0 Å². The van der Waals surface area contributed by atoms with E-state index in [2.05, 4.69) is 20.4 Å². The third-order valence-corrected chi connectivity index (χ3v) is 5.12. The molecular formula is C21H17ClFN5O2. The smallest absolute Gasteiger partial charge is 0.276 e. The fourth-order valence-electron chi connectivity index (χ4n) is 3.16. The second kappa shape index (κ2) is 8.08. The van der Waals surface area contributed by atoms with Crippen LogP contribution < -0.4 is 10.9 Å². The predicted molar refractivity (Wildman–Crippen MR) is 110 cm³/mol. The van der Waals surface area contributed by atoms with E-state index < -0.39 is 5.82 Å². The molecule has 0 aliphatic rings. The van der Waals surface area contributed by atoms with Gasteiger partial charge in [-0.05, 0) is 36.2 Å². The number of hydrogen-bond acceptors (Lipinski definition) is 4. The second-order valence-electron chi connectivity index (χ2n) is 6.78. The lowest BCUT2D eigenvalue weighted by Crippen LogP contribution is -2.25. The molecule has 4 aromatic rings. The summed E-state index contributed by atoms with van der Waals surface area (Å²) in [5.41, 5.74) is 2.49. The van der Waals surface area contributed by atoms with Gasteiger partial charge >= 0.3 is 0 Å². The fraction of sp³-hybridized carbons (Fsp3) is 0.143. The Balaban J connectivity index is 1.64. The highest BCUT2D eigenvalue weighted by atomic mass is 35.5. The zero-order chi connectivity index (χ0) is 21.3. The number of amides is 1. The van der Waals surface area contributed by atoms with E-state index in [0.29, 0.717) is 23.4 Å². The van der Waals surface area contributed by atoms with E-state index >= 15 is 0 Å². The van der Waals surface area contributed by atoms with Crippen LogP contribution in [0, 0.1) is 12.7 Å². The Kier molecular flexibility index (Phi) is 5.33. The average Bonchev–Trinajstić information content (AvgIpc) is 3.15. The molecule has 0 aliphatic heterocycles. The molecule has 0 saturated heterocycles. The summed E-state index contributed by atoms with van der Waals surface area (Å²) in [5, 5.41) is 5.82. The molecule has 3 heterocycles. The summed E-state index contributed by atoms with van der Waals surface area (Å²) in [5.74, 6) is -0.810. The van der Waals surface area contributed by atoms with Gasteiger partial charge < -0.3 is 5.32 Å². The molecule has 9 heteroatoms. The molecule has 1 aromatic carbocycles. The maximum absolute atomic E-state index is 13.3. The summed E-state index contributed by atoms with van der Waals surface area (Å²) in [6.45, 7) is 1.99. The lowest BCUT2D eigenvalue weighted by Gasteiger charge is -2.08. The predicted octanol–water partition coefficient (Wildman–Crippen LogP) is 3.04. The van der Waals surface area contributed by atoms with E-state index in [1.165, 1.54) is 28.9 Å². The van der Waals surface area contributed by atoms with Crippen LogP contribution >= 0.6 is 11.6 Å². The van der Waals surface area contributed by atoms with Gasteiger partial charge in [0, 0.05) is 47.8 Å². The number of pyridine rings is 1. The highest BCUT2D eigenvalue weighted by Gasteiger charge is 2.19. The molecule has 0 atom stereocenters. The Morgan fingerprint density at radius 2 is 2.17 bits per heavy atom. The fourth-order valence-corrected chi connectivity index (χ4v) is 3.40. The number of benzene rings is 1. The summed E-state index contributed by atoms with van der Waals surface area (Å²) in [6, 6.07) is 7.67. The maximum atomic E-state index is 13.3. The van der Waals surface area contributed by atoms with Crippen molar-refractivity contribution in [1.82, 2.24) is 24.9 Å². The standard InChI is InChI=1S/C21H17ClFN5O2/c1-12-16(7-14-4-5-15(23)8-18(14)22)21(30)28-19(27-12)17(11-26-28)20(29)25-10-13-3-2-6-24-9-13/h2-6,8-9,11,26H,7,10H2,1H3,(H,25,29). The van der Waals surface area contributed by atoms with Gasteiger partial charge in [0.1, 0.15) is 11.4 Å². The minimum Gasteiger partial charge on any atom is -0.348 e. The van der Waals surface area contributed by atoms with Crippen molar-refractivity contribution in [2.45, 2.75) is 19.9 Å². The van der Waals surface area contributed by atoms with E-state index in [-0.39, 0.29) is 34.1 Å². The van der Waals surface area contributed by atoms with Gasteiger partial charge in [0.25, 0.3) is 11.5 Å². The Bertz CT molecular complexity index is 1300. The van der Waals surface area contributed by atoms with Crippen molar-refractivity contribution in [1.29, 1.82) is 0 Å². The maximum Gasteiger partial charge on any atom is 0.276 e. The van der Waals surface area contributed by atoms with Crippen molar-refractivity contribution >= 4 is 23.2 Å². The van der Waals surface area contributed by atoms with Gasteiger partial charge in [0.15, 0.2) is 5.65 Å². The van der Waals surface area contributed by atoms with E-state index in [1.807, 2.05) is 6.07 Å². The van der Waals surface area contributed by atoms with Crippen molar-refractivity contribution in [3.63, 3.8) is 0 Å². The summed E-state index contributed by atoms with van der Waals surface area (Å²) in [7, 11) is 0. The van der Waals surface area contributed by atoms with Crippen molar-refractivity contribution < 1.29 is 9.18 Å². The number of nitrogens with zero attached hydrogens (tertiary/aromatic N) is 3. The van der Waals surface area contributed by atoms with Crippen LogP contribution in [-0.2, 0) is 13.0 Å². The van der Waals surface area contributed by atoms with Crippen LogP contribution in [0.5, 0.6) is 0 Å². The first-order chi connectivity index (χ1) is 14.4. The minimum atomic E-state index is -0.447. The van der Waals surface area contributed by atoms with Gasteiger partial charge in [0.05, 0.1) is 0 Å². The molecule has 152 valence electrons.